The Hall–Kier alpha value is -1.95. The van der Waals surface area contributed by atoms with Crippen LogP contribution < -0.4 is 0 Å². The lowest BCUT2D eigenvalue weighted by Crippen LogP contribution is -1.96. The third-order valence-electron chi connectivity index (χ3n) is 1.84. The van der Waals surface area contributed by atoms with Crippen molar-refractivity contribution in [1.82, 2.24) is 0 Å². The van der Waals surface area contributed by atoms with Crippen molar-refractivity contribution in [3.05, 3.63) is 54.7 Å². The Bertz CT molecular complexity index is 484. The van der Waals surface area contributed by atoms with Crippen molar-refractivity contribution >= 4 is 23.4 Å². The Balaban J connectivity index is 3.29. The van der Waals surface area contributed by atoms with Crippen molar-refractivity contribution in [2.24, 2.45) is 0 Å². The van der Waals surface area contributed by atoms with Gasteiger partial charge in [-0.1, -0.05) is 11.6 Å². The van der Waals surface area contributed by atoms with Crippen molar-refractivity contribution in [3.63, 3.8) is 0 Å². The number of rotatable bonds is 3. The van der Waals surface area contributed by atoms with Crippen LogP contribution in [0.4, 0.5) is 5.69 Å². The minimum atomic E-state index is -0.634. The normalized spacial score (nSPS) is 11.2. The molecule has 0 spiro atoms. The van der Waals surface area contributed by atoms with Gasteiger partial charge in [0, 0.05) is 24.1 Å². The molecule has 1 rings (SSSR count). The van der Waals surface area contributed by atoms with Gasteiger partial charge in [-0.3, -0.25) is 20.2 Å². The maximum absolute atomic E-state index is 10.7. The molecule has 0 atom stereocenters. The molecule has 0 bridgehead atoms. The van der Waals surface area contributed by atoms with Crippen LogP contribution in [0.5, 0.6) is 0 Å². The highest BCUT2D eigenvalue weighted by Crippen LogP contribution is 2.25. The van der Waals surface area contributed by atoms with E-state index < -0.39 is 9.85 Å². The summed E-state index contributed by atoms with van der Waals surface area (Å²) in [5, 5.41) is 21.3. The number of nitro benzene ring substituents is 1. The molecule has 16 heavy (non-hydrogen) atoms. The highest BCUT2D eigenvalue weighted by Gasteiger charge is 2.14. The molecule has 84 valence electrons. The van der Waals surface area contributed by atoms with Crippen LogP contribution in [0.25, 0.3) is 6.08 Å². The van der Waals surface area contributed by atoms with E-state index in [9.17, 15) is 20.2 Å². The van der Waals surface area contributed by atoms with Crippen LogP contribution in [0.15, 0.2) is 23.9 Å². The molecule has 0 N–H and O–H groups in total. The maximum Gasteiger partial charge on any atom is 0.278 e. The Morgan fingerprint density at radius 2 is 2.00 bits per heavy atom. The van der Waals surface area contributed by atoms with Gasteiger partial charge in [-0.25, -0.2) is 0 Å². The van der Waals surface area contributed by atoms with Crippen LogP contribution in [0.3, 0.4) is 0 Å². The zero-order valence-electron chi connectivity index (χ0n) is 8.21. The molecule has 0 aromatic heterocycles. The average Bonchev–Trinajstić information content (AvgIpc) is 2.20. The minimum absolute atomic E-state index is 0.156. The second kappa shape index (κ2) is 4.71. The fraction of sp³-hybridized carbons (Fsp3) is 0.111. The molecule has 0 fully saturated rings. The summed E-state index contributed by atoms with van der Waals surface area (Å²) in [6.45, 7) is 1.26. The first-order chi connectivity index (χ1) is 7.41. The lowest BCUT2D eigenvalue weighted by molar-refractivity contribution is -0.422. The molecule has 1 aromatic rings. The number of benzene rings is 1. The molecule has 6 nitrogen and oxygen atoms in total. The van der Waals surface area contributed by atoms with Crippen LogP contribution >= 0.6 is 11.6 Å². The summed E-state index contributed by atoms with van der Waals surface area (Å²) in [7, 11) is 0. The summed E-state index contributed by atoms with van der Waals surface area (Å²) in [4.78, 5) is 19.8. The van der Waals surface area contributed by atoms with E-state index in [1.165, 1.54) is 19.1 Å². The molecule has 0 radical (unpaired) electrons. The van der Waals surface area contributed by atoms with E-state index in [1.54, 1.807) is 0 Å². The van der Waals surface area contributed by atoms with Crippen LogP contribution in [-0.4, -0.2) is 9.85 Å². The highest BCUT2D eigenvalue weighted by atomic mass is 35.5. The zero-order chi connectivity index (χ0) is 12.3. The highest BCUT2D eigenvalue weighted by molar-refractivity contribution is 6.30. The van der Waals surface area contributed by atoms with E-state index in [0.29, 0.717) is 0 Å². The molecule has 7 heteroatoms. The summed E-state index contributed by atoms with van der Waals surface area (Å²) in [5.41, 5.74) is -0.275. The number of hydrogen-bond donors (Lipinski definition) is 0. The van der Waals surface area contributed by atoms with Crippen LogP contribution in [-0.2, 0) is 0 Å². The smallest absolute Gasteiger partial charge is 0.259 e. The number of nitrogens with zero attached hydrogens (tertiary/aromatic N) is 2. The maximum atomic E-state index is 10.7. The number of halogens is 1. The summed E-state index contributed by atoms with van der Waals surface area (Å²) in [6.07, 6.45) is 1.13. The summed E-state index contributed by atoms with van der Waals surface area (Å²) >= 11 is 5.60. The molecule has 0 heterocycles. The van der Waals surface area contributed by atoms with Crippen molar-refractivity contribution in [2.75, 3.05) is 0 Å². The van der Waals surface area contributed by atoms with Crippen molar-refractivity contribution in [3.8, 4) is 0 Å². The van der Waals surface area contributed by atoms with E-state index in [0.717, 1.165) is 12.1 Å². The first kappa shape index (κ1) is 12.1. The lowest BCUT2D eigenvalue weighted by Gasteiger charge is -1.98. The first-order valence-electron chi connectivity index (χ1n) is 4.18. The molecule has 0 aliphatic carbocycles. The molecule has 0 aliphatic heterocycles. The quantitative estimate of drug-likeness (QED) is 0.602. The van der Waals surface area contributed by atoms with Crippen molar-refractivity contribution in [2.45, 2.75) is 6.92 Å². The predicted molar refractivity (Wildman–Crippen MR) is 58.8 cm³/mol. The fourth-order valence-electron chi connectivity index (χ4n) is 1.07. The van der Waals surface area contributed by atoms with Gasteiger partial charge in [-0.15, -0.1) is 0 Å². The second-order valence-electron chi connectivity index (χ2n) is 3.00. The Kier molecular flexibility index (Phi) is 3.57. The molecule has 1 aromatic carbocycles. The van der Waals surface area contributed by atoms with Gasteiger partial charge < -0.3 is 0 Å². The van der Waals surface area contributed by atoms with Gasteiger partial charge in [0.2, 0.25) is 5.70 Å². The topological polar surface area (TPSA) is 86.3 Å². The van der Waals surface area contributed by atoms with Gasteiger partial charge >= 0.3 is 0 Å². The lowest BCUT2D eigenvalue weighted by atomic mass is 10.1. The van der Waals surface area contributed by atoms with Gasteiger partial charge in [0.15, 0.2) is 0 Å². The van der Waals surface area contributed by atoms with Gasteiger partial charge in [-0.2, -0.15) is 0 Å². The SMILES string of the molecule is C/C(=C\c1ccc(Cl)cc1[N+](=O)[O-])[N+](=O)[O-]. The van der Waals surface area contributed by atoms with E-state index >= 15 is 0 Å². The van der Waals surface area contributed by atoms with Crippen LogP contribution in [0.2, 0.25) is 5.02 Å². The minimum Gasteiger partial charge on any atom is -0.259 e. The van der Waals surface area contributed by atoms with Gasteiger partial charge in [0.25, 0.3) is 5.69 Å². The van der Waals surface area contributed by atoms with Crippen molar-refractivity contribution < 1.29 is 9.85 Å². The first-order valence-corrected chi connectivity index (χ1v) is 4.56. The summed E-state index contributed by atoms with van der Waals surface area (Å²) in [5.74, 6) is 0. The van der Waals surface area contributed by atoms with Gasteiger partial charge in [0.1, 0.15) is 0 Å². The van der Waals surface area contributed by atoms with E-state index in [1.807, 2.05) is 0 Å². The molecule has 0 unspecified atom stereocenters. The Morgan fingerprint density at radius 1 is 1.38 bits per heavy atom. The Morgan fingerprint density at radius 3 is 2.50 bits per heavy atom. The third-order valence-corrected chi connectivity index (χ3v) is 2.08. The van der Waals surface area contributed by atoms with Gasteiger partial charge in [0.05, 0.1) is 15.4 Å². The largest absolute Gasteiger partial charge is 0.278 e. The standard InChI is InChI=1S/C9H7ClN2O4/c1-6(11(13)14)4-7-2-3-8(10)5-9(7)12(15)16/h2-5H,1H3/b6-4+. The number of nitro groups is 2. The number of hydrogen-bond acceptors (Lipinski definition) is 4. The van der Waals surface area contributed by atoms with E-state index in [2.05, 4.69) is 0 Å². The predicted octanol–water partition coefficient (Wildman–Crippen LogP) is 2.89. The molecule has 0 amide bonds. The van der Waals surface area contributed by atoms with Crippen molar-refractivity contribution in [1.29, 1.82) is 0 Å². The Labute approximate surface area is 95.4 Å². The van der Waals surface area contributed by atoms with E-state index in [4.69, 9.17) is 11.6 Å². The molecular weight excluding hydrogens is 236 g/mol. The van der Waals surface area contributed by atoms with Crippen LogP contribution in [0, 0.1) is 20.2 Å². The molecule has 0 aliphatic rings. The van der Waals surface area contributed by atoms with Gasteiger partial charge in [-0.05, 0) is 12.1 Å². The average molecular weight is 243 g/mol. The zero-order valence-corrected chi connectivity index (χ0v) is 8.97. The molecular formula is C9H7ClN2O4. The number of allylic oxidation sites excluding steroid dienone is 1. The summed E-state index contributed by atoms with van der Waals surface area (Å²) < 4.78 is 0. The summed E-state index contributed by atoms with van der Waals surface area (Å²) in [6, 6.07) is 3.96. The van der Waals surface area contributed by atoms with Crippen LogP contribution in [0.1, 0.15) is 12.5 Å². The second-order valence-corrected chi connectivity index (χ2v) is 3.44. The molecule has 0 saturated heterocycles. The third kappa shape index (κ3) is 2.77. The molecule has 0 saturated carbocycles. The van der Waals surface area contributed by atoms with E-state index in [-0.39, 0.29) is 22.0 Å². The fourth-order valence-corrected chi connectivity index (χ4v) is 1.24. The monoisotopic (exact) mass is 242 g/mol.